The molecule has 0 saturated heterocycles. The molecular weight excluding hydrogens is 761 g/mol. The molecule has 3 atom stereocenters. The summed E-state index contributed by atoms with van der Waals surface area (Å²) in [6, 6.07) is 5.00. The molecule has 1 aromatic rings. The van der Waals surface area contributed by atoms with Gasteiger partial charge in [-0.25, -0.2) is 0 Å². The van der Waals surface area contributed by atoms with Gasteiger partial charge in [0.25, 0.3) is 5.91 Å². The molecule has 3 rings (SSSR count). The zero-order valence-electron chi connectivity index (χ0n) is 34.6. The third kappa shape index (κ3) is 29.9. The molecule has 0 aromatic heterocycles. The van der Waals surface area contributed by atoms with E-state index < -0.39 is 23.7 Å². The number of likely N-dealkylation sites (N-methyl/N-ethyl adjacent to an activating group) is 1. The van der Waals surface area contributed by atoms with Gasteiger partial charge in [-0.1, -0.05) is 18.2 Å². The van der Waals surface area contributed by atoms with E-state index in [4.69, 9.17) is 19.9 Å². The van der Waals surface area contributed by atoms with Crippen LogP contribution in [0, 0.1) is 17.8 Å². The summed E-state index contributed by atoms with van der Waals surface area (Å²) < 4.78 is 60.7. The molecule has 0 aliphatic heterocycles. The molecule has 15 nitrogen and oxygen atoms in total. The number of ketones is 1. The first kappa shape index (κ1) is 54.1. The minimum atomic E-state index is -4.42. The van der Waals surface area contributed by atoms with Crippen LogP contribution in [0.3, 0.4) is 0 Å². The van der Waals surface area contributed by atoms with E-state index in [0.717, 1.165) is 45.1 Å². The molecule has 2 aliphatic carbocycles. The molecule has 0 bridgehead atoms. The van der Waals surface area contributed by atoms with Gasteiger partial charge in [0.2, 0.25) is 5.91 Å². The predicted octanol–water partition coefficient (Wildman–Crippen LogP) is 5.12. The molecule has 324 valence electrons. The Morgan fingerprint density at radius 3 is 1.67 bits per heavy atom. The van der Waals surface area contributed by atoms with E-state index in [1.807, 2.05) is 20.8 Å². The van der Waals surface area contributed by atoms with Crippen LogP contribution in [0.5, 0.6) is 0 Å². The Kier molecular flexibility index (Phi) is 26.1. The van der Waals surface area contributed by atoms with Crippen molar-refractivity contribution in [3.8, 4) is 0 Å². The molecule has 2 saturated carbocycles. The van der Waals surface area contributed by atoms with Crippen molar-refractivity contribution in [2.24, 2.45) is 23.5 Å². The molecule has 3 unspecified atom stereocenters. The van der Waals surface area contributed by atoms with E-state index >= 15 is 0 Å². The van der Waals surface area contributed by atoms with Crippen LogP contribution in [0.2, 0.25) is 0 Å². The lowest BCUT2D eigenvalue weighted by molar-refractivity contribution is -0.152. The first-order chi connectivity index (χ1) is 26.2. The number of hydrogen-bond acceptors (Lipinski definition) is 13. The molecule has 1 aromatic carbocycles. The van der Waals surface area contributed by atoms with E-state index in [1.54, 1.807) is 14.1 Å². The number of carbonyl (C=O) groups excluding carboxylic acids is 8. The number of amides is 2. The van der Waals surface area contributed by atoms with Crippen molar-refractivity contribution in [3.05, 3.63) is 35.4 Å². The Bertz CT molecular complexity index is 1470. The fourth-order valence-corrected chi connectivity index (χ4v) is 4.83. The number of Topliss-reactive ketones (excluding diaryl/α,β-unsaturated/α-hetero) is 1. The molecule has 18 heteroatoms. The highest BCUT2D eigenvalue weighted by Gasteiger charge is 2.33. The van der Waals surface area contributed by atoms with Crippen molar-refractivity contribution < 1.29 is 75.2 Å². The third-order valence-electron chi connectivity index (χ3n) is 7.49. The number of hydrogen-bond donors (Lipinski definition) is 1. The van der Waals surface area contributed by atoms with Crippen LogP contribution in [0.15, 0.2) is 24.3 Å². The largest absolute Gasteiger partial charge is 0.466 e. The van der Waals surface area contributed by atoms with Gasteiger partial charge in [0.05, 0.1) is 18.1 Å². The maximum Gasteiger partial charge on any atom is 0.416 e. The monoisotopic (exact) mass is 820 g/mol. The van der Waals surface area contributed by atoms with Crippen LogP contribution in [-0.2, 0) is 74.8 Å². The number of nitrogens with zero attached hydrogens (tertiary/aromatic N) is 1. The SMILES string of the molecule is CC(=O)OC(C)(C)C.CC(=O)OCC(=O)N(C)C.CC(=O)OCC1CCC(C(N)=O)C1.CC(=O)OCC1CCCC1=O.CC(=O)OCc1ccccc1C(F)(F)F. The lowest BCUT2D eigenvalue weighted by Gasteiger charge is -2.17. The third-order valence-corrected chi connectivity index (χ3v) is 7.49. The summed E-state index contributed by atoms with van der Waals surface area (Å²) in [5.74, 6) is -1.74. The lowest BCUT2D eigenvalue weighted by Crippen LogP contribution is -2.27. The quantitative estimate of drug-likeness (QED) is 0.253. The van der Waals surface area contributed by atoms with Gasteiger partial charge >= 0.3 is 36.0 Å². The molecular formula is C39H59F3N2O13. The van der Waals surface area contributed by atoms with E-state index in [-0.39, 0.29) is 78.3 Å². The van der Waals surface area contributed by atoms with Crippen LogP contribution in [0.4, 0.5) is 13.2 Å². The average Bonchev–Trinajstić information content (AvgIpc) is 3.73. The van der Waals surface area contributed by atoms with Crippen molar-refractivity contribution >= 4 is 47.4 Å². The zero-order chi connectivity index (χ0) is 44.5. The first-order valence-corrected chi connectivity index (χ1v) is 18.1. The number of ether oxygens (including phenoxy) is 5. The number of benzene rings is 1. The number of rotatable bonds is 9. The summed E-state index contributed by atoms with van der Waals surface area (Å²) in [7, 11) is 3.21. The highest BCUT2D eigenvalue weighted by atomic mass is 19.4. The van der Waals surface area contributed by atoms with E-state index in [2.05, 4.69) is 9.47 Å². The maximum atomic E-state index is 12.4. The van der Waals surface area contributed by atoms with Gasteiger partial charge in [0, 0.05) is 66.6 Å². The molecule has 2 aliphatic rings. The fraction of sp³-hybridized carbons (Fsp3) is 0.641. The standard InChI is InChI=1S/C10H9F3O2.C9H15NO3.C8H12O3.C6H11NO3.C6H12O2/c1-7(14)15-6-8-4-2-3-5-9(8)10(11,12)13;1-6(11)13-5-7-2-3-8(4-7)9(10)12;1-6(9)11-5-7-3-2-4-8(7)10;1-5(8)10-4-6(9)7(2)3;1-5(7)8-6(2,3)4/h2-5H,6H2,1H3;7-8H,2-5H2,1H3,(H2,10,12);7H,2-5H2,1H3;4H2,1-3H3;1-4H3. The van der Waals surface area contributed by atoms with Gasteiger partial charge in [0.15, 0.2) is 6.61 Å². The number of esters is 5. The van der Waals surface area contributed by atoms with Crippen molar-refractivity contribution in [2.45, 2.75) is 112 Å². The maximum absolute atomic E-state index is 12.4. The molecule has 57 heavy (non-hydrogen) atoms. The Morgan fingerprint density at radius 1 is 0.754 bits per heavy atom. The molecule has 0 radical (unpaired) electrons. The highest BCUT2D eigenvalue weighted by Crippen LogP contribution is 2.32. The fourth-order valence-electron chi connectivity index (χ4n) is 4.83. The van der Waals surface area contributed by atoms with Gasteiger partial charge in [0.1, 0.15) is 24.6 Å². The first-order valence-electron chi connectivity index (χ1n) is 18.1. The van der Waals surface area contributed by atoms with Gasteiger partial charge in [-0.05, 0) is 64.9 Å². The number of alkyl halides is 3. The van der Waals surface area contributed by atoms with Gasteiger partial charge in [-0.3, -0.25) is 38.4 Å². The second-order valence-corrected chi connectivity index (χ2v) is 14.1. The van der Waals surface area contributed by atoms with Crippen molar-refractivity contribution in [3.63, 3.8) is 0 Å². The number of primary amides is 1. The van der Waals surface area contributed by atoms with Crippen molar-refractivity contribution in [2.75, 3.05) is 33.9 Å². The topological polar surface area (TPSA) is 212 Å². The molecule has 0 spiro atoms. The lowest BCUT2D eigenvalue weighted by atomic mass is 10.1. The van der Waals surface area contributed by atoms with Crippen molar-refractivity contribution in [1.29, 1.82) is 0 Å². The summed E-state index contributed by atoms with van der Waals surface area (Å²) in [6.07, 6.45) is 0.602. The van der Waals surface area contributed by atoms with Crippen LogP contribution >= 0.6 is 0 Å². The van der Waals surface area contributed by atoms with Gasteiger partial charge < -0.3 is 34.3 Å². The Labute approximate surface area is 332 Å². The Morgan fingerprint density at radius 2 is 1.28 bits per heavy atom. The highest BCUT2D eigenvalue weighted by molar-refractivity contribution is 5.83. The molecule has 0 heterocycles. The van der Waals surface area contributed by atoms with E-state index in [9.17, 15) is 51.5 Å². The van der Waals surface area contributed by atoms with E-state index in [1.165, 1.54) is 50.8 Å². The van der Waals surface area contributed by atoms with Crippen LogP contribution in [0.1, 0.15) is 105 Å². The number of nitrogens with two attached hydrogens (primary N) is 1. The zero-order valence-corrected chi connectivity index (χ0v) is 34.6. The normalized spacial score (nSPS) is 16.8. The average molecular weight is 821 g/mol. The Hall–Kier alpha value is -5.03. The van der Waals surface area contributed by atoms with Gasteiger partial charge in [-0.15, -0.1) is 0 Å². The summed E-state index contributed by atoms with van der Waals surface area (Å²) in [5, 5.41) is 0. The van der Waals surface area contributed by atoms with Crippen LogP contribution < -0.4 is 5.73 Å². The summed E-state index contributed by atoms with van der Waals surface area (Å²) in [5.41, 5.74) is 4.03. The second kappa shape index (κ2) is 27.5. The second-order valence-electron chi connectivity index (χ2n) is 14.1. The minimum Gasteiger partial charge on any atom is -0.466 e. The van der Waals surface area contributed by atoms with Crippen LogP contribution in [-0.4, -0.2) is 91.9 Å². The summed E-state index contributed by atoms with van der Waals surface area (Å²) in [4.78, 5) is 85.6. The molecule has 2 N–H and O–H groups in total. The van der Waals surface area contributed by atoms with Crippen molar-refractivity contribution in [1.82, 2.24) is 4.90 Å². The molecule has 2 amide bonds. The smallest absolute Gasteiger partial charge is 0.416 e. The number of carbonyl (C=O) groups is 8. The summed E-state index contributed by atoms with van der Waals surface area (Å²) in [6.45, 7) is 12.3. The Balaban J connectivity index is 0. The van der Waals surface area contributed by atoms with Gasteiger partial charge in [-0.2, -0.15) is 13.2 Å². The predicted molar refractivity (Wildman–Crippen MR) is 199 cm³/mol. The summed E-state index contributed by atoms with van der Waals surface area (Å²) >= 11 is 0. The van der Waals surface area contributed by atoms with E-state index in [0.29, 0.717) is 18.9 Å². The minimum absolute atomic E-state index is 0.0134. The molecule has 2 fully saturated rings. The van der Waals surface area contributed by atoms with Crippen LogP contribution in [0.25, 0.3) is 0 Å². The number of halogens is 3.